The Morgan fingerprint density at radius 3 is 2.42 bits per heavy atom. The monoisotopic (exact) mass is 381 g/mol. The van der Waals surface area contributed by atoms with Gasteiger partial charge in [0.15, 0.2) is 5.96 Å². The molecular formula is C15H32IN3. The summed E-state index contributed by atoms with van der Waals surface area (Å²) in [5, 5.41) is 6.76. The Morgan fingerprint density at radius 1 is 1.00 bits per heavy atom. The van der Waals surface area contributed by atoms with E-state index in [1.807, 2.05) is 0 Å². The molecule has 0 radical (unpaired) electrons. The number of halogens is 1. The number of guanidine groups is 1. The molecule has 1 aliphatic rings. The van der Waals surface area contributed by atoms with Crippen molar-refractivity contribution in [1.82, 2.24) is 10.6 Å². The average molecular weight is 381 g/mol. The zero-order valence-corrected chi connectivity index (χ0v) is 14.9. The Morgan fingerprint density at radius 2 is 1.68 bits per heavy atom. The van der Waals surface area contributed by atoms with E-state index in [9.17, 15) is 0 Å². The predicted molar refractivity (Wildman–Crippen MR) is 95.6 cm³/mol. The quantitative estimate of drug-likeness (QED) is 0.467. The van der Waals surface area contributed by atoms with Crippen molar-refractivity contribution in [2.45, 2.75) is 71.1 Å². The molecule has 0 atom stereocenters. The van der Waals surface area contributed by atoms with E-state index in [2.05, 4.69) is 22.5 Å². The topological polar surface area (TPSA) is 36.4 Å². The first-order chi connectivity index (χ1) is 8.93. The zero-order valence-electron chi connectivity index (χ0n) is 12.5. The number of hydrogen-bond acceptors (Lipinski definition) is 3. The van der Waals surface area contributed by atoms with Crippen LogP contribution in [-0.2, 0) is 0 Å². The molecule has 0 bridgehead atoms. The molecular weight excluding hydrogens is 349 g/mol. The molecule has 0 aromatic carbocycles. The van der Waals surface area contributed by atoms with Gasteiger partial charge in [0.1, 0.15) is 0 Å². The Labute approximate surface area is 136 Å². The molecule has 0 unspecified atom stereocenters. The largest absolute Gasteiger partial charge is 0.356 e. The first-order valence-corrected chi connectivity index (χ1v) is 7.95. The van der Waals surface area contributed by atoms with E-state index in [0.29, 0.717) is 0 Å². The molecule has 0 saturated heterocycles. The molecule has 3 nitrogen and oxygen atoms in total. The van der Waals surface area contributed by atoms with Crippen LogP contribution in [0.25, 0.3) is 0 Å². The van der Waals surface area contributed by atoms with Crippen molar-refractivity contribution in [1.29, 1.82) is 0 Å². The van der Waals surface area contributed by atoms with Gasteiger partial charge in [-0.15, -0.1) is 24.0 Å². The Bertz CT molecular complexity index is 219. The van der Waals surface area contributed by atoms with Gasteiger partial charge in [-0.3, -0.25) is 4.99 Å². The second-order valence-electron chi connectivity index (χ2n) is 5.27. The number of hydrogen-bond donors (Lipinski definition) is 2. The highest BCUT2D eigenvalue weighted by Crippen LogP contribution is 2.07. The van der Waals surface area contributed by atoms with Crippen LogP contribution in [0.5, 0.6) is 0 Å². The molecule has 0 aromatic rings. The highest BCUT2D eigenvalue weighted by atomic mass is 127. The van der Waals surface area contributed by atoms with Crippen LogP contribution in [-0.4, -0.2) is 25.6 Å². The lowest BCUT2D eigenvalue weighted by Gasteiger charge is -2.09. The van der Waals surface area contributed by atoms with Gasteiger partial charge in [-0.1, -0.05) is 51.9 Å². The van der Waals surface area contributed by atoms with Gasteiger partial charge in [0, 0.05) is 19.6 Å². The van der Waals surface area contributed by atoms with Gasteiger partial charge in [-0.25, -0.2) is 0 Å². The molecule has 0 aliphatic carbocycles. The maximum Gasteiger partial charge on any atom is 0.191 e. The standard InChI is InChI=1S/C15H31N3.HI/c1-2-3-4-5-6-7-8-9-12-16-15-17-13-10-11-14-18-15;/h2-14H2,1H3,(H2,16,17,18);1H. The summed E-state index contributed by atoms with van der Waals surface area (Å²) in [5.74, 6) is 1.02. The first-order valence-electron chi connectivity index (χ1n) is 7.95. The molecule has 0 amide bonds. The third-order valence-electron chi connectivity index (χ3n) is 3.47. The lowest BCUT2D eigenvalue weighted by atomic mass is 10.1. The molecule has 114 valence electrons. The van der Waals surface area contributed by atoms with Crippen LogP contribution in [0.15, 0.2) is 4.99 Å². The summed E-state index contributed by atoms with van der Waals surface area (Å²) in [7, 11) is 0. The highest BCUT2D eigenvalue weighted by Gasteiger charge is 2.01. The van der Waals surface area contributed by atoms with E-state index in [4.69, 9.17) is 0 Å². The van der Waals surface area contributed by atoms with Crippen LogP contribution in [0.3, 0.4) is 0 Å². The van der Waals surface area contributed by atoms with Gasteiger partial charge in [0.25, 0.3) is 0 Å². The van der Waals surface area contributed by atoms with E-state index in [-0.39, 0.29) is 24.0 Å². The van der Waals surface area contributed by atoms with Crippen molar-refractivity contribution in [3.05, 3.63) is 0 Å². The second-order valence-corrected chi connectivity index (χ2v) is 5.27. The summed E-state index contributed by atoms with van der Waals surface area (Å²) in [6, 6.07) is 0. The zero-order chi connectivity index (χ0) is 12.9. The van der Waals surface area contributed by atoms with Crippen molar-refractivity contribution in [2.24, 2.45) is 4.99 Å². The van der Waals surface area contributed by atoms with Crippen LogP contribution in [0.4, 0.5) is 0 Å². The summed E-state index contributed by atoms with van der Waals surface area (Å²) >= 11 is 0. The van der Waals surface area contributed by atoms with Crippen molar-refractivity contribution < 1.29 is 0 Å². The molecule has 4 heteroatoms. The Balaban J connectivity index is 0.00000324. The molecule has 1 heterocycles. The fraction of sp³-hybridized carbons (Fsp3) is 0.933. The summed E-state index contributed by atoms with van der Waals surface area (Å²) in [5.41, 5.74) is 0. The van der Waals surface area contributed by atoms with Gasteiger partial charge in [0.05, 0.1) is 0 Å². The normalized spacial score (nSPS) is 14.9. The van der Waals surface area contributed by atoms with E-state index in [1.165, 1.54) is 64.2 Å². The molecule has 0 saturated carbocycles. The molecule has 0 spiro atoms. The molecule has 1 aliphatic heterocycles. The first kappa shape index (κ1) is 19.0. The molecule has 2 N–H and O–H groups in total. The summed E-state index contributed by atoms with van der Waals surface area (Å²) in [6.45, 7) is 5.40. The van der Waals surface area contributed by atoms with Gasteiger partial charge in [0.2, 0.25) is 0 Å². The maximum absolute atomic E-state index is 4.49. The SMILES string of the molecule is CCCCCCCCCCNC1=NCCCCN1.I. The van der Waals surface area contributed by atoms with Crippen LogP contribution >= 0.6 is 24.0 Å². The van der Waals surface area contributed by atoms with Crippen LogP contribution < -0.4 is 10.6 Å². The number of aliphatic imine (C=N–C) groups is 1. The lowest BCUT2D eigenvalue weighted by molar-refractivity contribution is 0.571. The molecule has 19 heavy (non-hydrogen) atoms. The minimum atomic E-state index is 0. The van der Waals surface area contributed by atoms with E-state index >= 15 is 0 Å². The minimum absolute atomic E-state index is 0. The third kappa shape index (κ3) is 11.5. The van der Waals surface area contributed by atoms with Gasteiger partial charge >= 0.3 is 0 Å². The fourth-order valence-electron chi connectivity index (χ4n) is 2.27. The van der Waals surface area contributed by atoms with Crippen molar-refractivity contribution in [3.63, 3.8) is 0 Å². The van der Waals surface area contributed by atoms with Crippen LogP contribution in [0.1, 0.15) is 71.1 Å². The van der Waals surface area contributed by atoms with Crippen molar-refractivity contribution >= 4 is 29.9 Å². The van der Waals surface area contributed by atoms with Gasteiger partial charge in [-0.05, 0) is 19.3 Å². The molecule has 1 rings (SSSR count). The number of rotatable bonds is 9. The van der Waals surface area contributed by atoms with Gasteiger partial charge < -0.3 is 10.6 Å². The third-order valence-corrected chi connectivity index (χ3v) is 3.47. The van der Waals surface area contributed by atoms with E-state index in [0.717, 1.165) is 25.6 Å². The summed E-state index contributed by atoms with van der Waals surface area (Å²) in [4.78, 5) is 4.49. The lowest BCUT2D eigenvalue weighted by Crippen LogP contribution is -2.37. The van der Waals surface area contributed by atoms with E-state index < -0.39 is 0 Å². The second kappa shape index (κ2) is 14.4. The van der Waals surface area contributed by atoms with Crippen molar-refractivity contribution in [2.75, 3.05) is 19.6 Å². The van der Waals surface area contributed by atoms with Crippen LogP contribution in [0.2, 0.25) is 0 Å². The summed E-state index contributed by atoms with van der Waals surface area (Å²) < 4.78 is 0. The Hall–Kier alpha value is 0. The maximum atomic E-state index is 4.49. The molecule has 0 aromatic heterocycles. The highest BCUT2D eigenvalue weighted by molar-refractivity contribution is 14.0. The molecule has 0 fully saturated rings. The fourth-order valence-corrected chi connectivity index (χ4v) is 2.27. The van der Waals surface area contributed by atoms with E-state index in [1.54, 1.807) is 0 Å². The van der Waals surface area contributed by atoms with Crippen molar-refractivity contribution in [3.8, 4) is 0 Å². The Kier molecular flexibility index (Phi) is 14.4. The van der Waals surface area contributed by atoms with Gasteiger partial charge in [-0.2, -0.15) is 0 Å². The number of nitrogens with zero attached hydrogens (tertiary/aromatic N) is 1. The number of nitrogens with one attached hydrogen (secondary N) is 2. The average Bonchev–Trinajstić information content (AvgIpc) is 2.65. The smallest absolute Gasteiger partial charge is 0.191 e. The number of unbranched alkanes of at least 4 members (excludes halogenated alkanes) is 7. The predicted octanol–water partition coefficient (Wildman–Crippen LogP) is 4.07. The minimum Gasteiger partial charge on any atom is -0.356 e. The summed E-state index contributed by atoms with van der Waals surface area (Å²) in [6.07, 6.45) is 13.5. The van der Waals surface area contributed by atoms with Crippen LogP contribution in [0, 0.1) is 0 Å².